The van der Waals surface area contributed by atoms with Crippen LogP contribution in [0.3, 0.4) is 0 Å². The van der Waals surface area contributed by atoms with Gasteiger partial charge in [0.15, 0.2) is 0 Å². The number of nitrogens with zero attached hydrogens (tertiary/aromatic N) is 1. The maximum Gasteiger partial charge on any atom is 0.0603 e. The van der Waals surface area contributed by atoms with Gasteiger partial charge in [0.05, 0.1) is 19.8 Å². The van der Waals surface area contributed by atoms with Crippen LogP contribution in [-0.2, 0) is 4.74 Å². The van der Waals surface area contributed by atoms with Crippen LogP contribution >= 0.6 is 11.6 Å². The van der Waals surface area contributed by atoms with Crippen molar-refractivity contribution in [2.45, 2.75) is 6.42 Å². The summed E-state index contributed by atoms with van der Waals surface area (Å²) in [6, 6.07) is 0. The molecule has 2 nitrogen and oxygen atoms in total. The Morgan fingerprint density at radius 1 is 1.25 bits per heavy atom. The lowest BCUT2D eigenvalue weighted by Crippen LogP contribution is -2.36. The number of alkyl halides is 1. The monoisotopic (exact) mass is 187 g/mol. The van der Waals surface area contributed by atoms with Gasteiger partial charge in [-0.2, -0.15) is 0 Å². The molecule has 0 spiro atoms. The molecule has 12 heavy (non-hydrogen) atoms. The van der Waals surface area contributed by atoms with Crippen LogP contribution in [0.2, 0.25) is 0 Å². The fraction of sp³-hybridized carbons (Fsp3) is 0.778. The van der Waals surface area contributed by atoms with Gasteiger partial charge >= 0.3 is 0 Å². The van der Waals surface area contributed by atoms with Crippen molar-refractivity contribution in [3.8, 4) is 11.8 Å². The van der Waals surface area contributed by atoms with Crippen molar-refractivity contribution in [1.82, 2.24) is 4.90 Å². The van der Waals surface area contributed by atoms with Gasteiger partial charge in [-0.3, -0.25) is 4.90 Å². The minimum Gasteiger partial charge on any atom is -0.379 e. The molecule has 0 unspecified atom stereocenters. The highest BCUT2D eigenvalue weighted by Gasteiger charge is 2.07. The van der Waals surface area contributed by atoms with Crippen molar-refractivity contribution in [2.75, 3.05) is 38.7 Å². The molecule has 3 heteroatoms. The lowest BCUT2D eigenvalue weighted by molar-refractivity contribution is 0.0443. The third kappa shape index (κ3) is 3.96. The van der Waals surface area contributed by atoms with E-state index in [9.17, 15) is 0 Å². The van der Waals surface area contributed by atoms with Gasteiger partial charge in [0.2, 0.25) is 0 Å². The average molecular weight is 188 g/mol. The Bertz CT molecular complexity index is 167. The van der Waals surface area contributed by atoms with E-state index in [0.717, 1.165) is 39.3 Å². The highest BCUT2D eigenvalue weighted by atomic mass is 35.5. The molecule has 1 rings (SSSR count). The molecule has 1 aliphatic rings. The zero-order valence-corrected chi connectivity index (χ0v) is 7.94. The summed E-state index contributed by atoms with van der Waals surface area (Å²) in [5.41, 5.74) is 0. The van der Waals surface area contributed by atoms with Gasteiger partial charge in [0.1, 0.15) is 0 Å². The van der Waals surface area contributed by atoms with Crippen molar-refractivity contribution < 1.29 is 4.74 Å². The standard InChI is InChI=1S/C9H14ClNO/c10-4-2-1-3-5-11-6-8-12-9-7-11/h2,4-9H2. The van der Waals surface area contributed by atoms with E-state index in [1.165, 1.54) is 0 Å². The smallest absolute Gasteiger partial charge is 0.0603 e. The van der Waals surface area contributed by atoms with Crippen LogP contribution in [0.5, 0.6) is 0 Å². The van der Waals surface area contributed by atoms with Gasteiger partial charge in [0, 0.05) is 25.4 Å². The van der Waals surface area contributed by atoms with Gasteiger partial charge < -0.3 is 4.74 Å². The van der Waals surface area contributed by atoms with E-state index in [1.54, 1.807) is 0 Å². The van der Waals surface area contributed by atoms with Crippen LogP contribution in [0.1, 0.15) is 6.42 Å². The number of morpholine rings is 1. The summed E-state index contributed by atoms with van der Waals surface area (Å²) in [5, 5.41) is 0. The first-order valence-corrected chi connectivity index (χ1v) is 4.78. The molecule has 0 aromatic carbocycles. The SMILES string of the molecule is ClCCC#CCN1CCOCC1. The Hall–Kier alpha value is -0.230. The van der Waals surface area contributed by atoms with Crippen LogP contribution in [0.25, 0.3) is 0 Å². The van der Waals surface area contributed by atoms with Gasteiger partial charge in [-0.1, -0.05) is 5.92 Å². The molecule has 1 saturated heterocycles. The molecule has 0 radical (unpaired) electrons. The minimum atomic E-state index is 0.635. The second-order valence-corrected chi connectivity index (χ2v) is 3.06. The molecule has 0 atom stereocenters. The lowest BCUT2D eigenvalue weighted by Gasteiger charge is -2.24. The van der Waals surface area contributed by atoms with E-state index >= 15 is 0 Å². The summed E-state index contributed by atoms with van der Waals surface area (Å²) in [6.45, 7) is 4.57. The molecular weight excluding hydrogens is 174 g/mol. The fourth-order valence-electron chi connectivity index (χ4n) is 1.06. The van der Waals surface area contributed by atoms with Crippen molar-refractivity contribution in [2.24, 2.45) is 0 Å². The first kappa shape index (κ1) is 9.85. The molecule has 0 aromatic rings. The Balaban J connectivity index is 2.09. The molecule has 0 N–H and O–H groups in total. The molecule has 0 bridgehead atoms. The van der Waals surface area contributed by atoms with Crippen molar-refractivity contribution in [3.05, 3.63) is 0 Å². The summed E-state index contributed by atoms with van der Waals surface area (Å²) >= 11 is 5.49. The predicted molar refractivity (Wildman–Crippen MR) is 50.4 cm³/mol. The summed E-state index contributed by atoms with van der Waals surface area (Å²) in [6.07, 6.45) is 0.798. The van der Waals surface area contributed by atoms with E-state index in [1.807, 2.05) is 0 Å². The Labute approximate surface area is 78.8 Å². The van der Waals surface area contributed by atoms with Crippen LogP contribution in [0.4, 0.5) is 0 Å². The lowest BCUT2D eigenvalue weighted by atomic mass is 10.4. The van der Waals surface area contributed by atoms with Crippen molar-refractivity contribution in [1.29, 1.82) is 0 Å². The summed E-state index contributed by atoms with van der Waals surface area (Å²) < 4.78 is 5.22. The molecule has 0 aromatic heterocycles. The minimum absolute atomic E-state index is 0.635. The first-order chi connectivity index (χ1) is 5.93. The molecule has 0 aliphatic carbocycles. The fourth-order valence-corrected chi connectivity index (χ4v) is 1.16. The topological polar surface area (TPSA) is 12.5 Å². The molecule has 1 fully saturated rings. The van der Waals surface area contributed by atoms with Crippen molar-refractivity contribution in [3.63, 3.8) is 0 Å². The summed E-state index contributed by atoms with van der Waals surface area (Å²) in [5.74, 6) is 6.74. The van der Waals surface area contributed by atoms with Crippen LogP contribution in [0, 0.1) is 11.8 Å². The second kappa shape index (κ2) is 6.30. The third-order valence-electron chi connectivity index (χ3n) is 1.75. The van der Waals surface area contributed by atoms with Gasteiger partial charge in [0.25, 0.3) is 0 Å². The molecule has 68 valence electrons. The Morgan fingerprint density at radius 3 is 2.67 bits per heavy atom. The number of hydrogen-bond donors (Lipinski definition) is 0. The van der Waals surface area contributed by atoms with Crippen LogP contribution in [-0.4, -0.2) is 43.6 Å². The maximum atomic E-state index is 5.49. The van der Waals surface area contributed by atoms with E-state index in [4.69, 9.17) is 16.3 Å². The average Bonchev–Trinajstić information content (AvgIpc) is 2.14. The molecular formula is C9H14ClNO. The number of rotatable bonds is 2. The van der Waals surface area contributed by atoms with Gasteiger partial charge in [-0.15, -0.1) is 17.5 Å². The quantitative estimate of drug-likeness (QED) is 0.472. The molecule has 0 saturated carbocycles. The highest BCUT2D eigenvalue weighted by molar-refractivity contribution is 6.17. The third-order valence-corrected chi connectivity index (χ3v) is 1.94. The maximum absolute atomic E-state index is 5.49. The van der Waals surface area contributed by atoms with Crippen LogP contribution in [0.15, 0.2) is 0 Å². The van der Waals surface area contributed by atoms with Crippen molar-refractivity contribution >= 4 is 11.6 Å². The van der Waals surface area contributed by atoms with Gasteiger partial charge in [-0.25, -0.2) is 0 Å². The Kier molecular flexibility index (Phi) is 5.18. The van der Waals surface area contributed by atoms with E-state index in [0.29, 0.717) is 5.88 Å². The first-order valence-electron chi connectivity index (χ1n) is 4.25. The molecule has 1 aliphatic heterocycles. The van der Waals surface area contributed by atoms with Gasteiger partial charge in [-0.05, 0) is 0 Å². The van der Waals surface area contributed by atoms with E-state index in [2.05, 4.69) is 16.7 Å². The zero-order chi connectivity index (χ0) is 8.65. The Morgan fingerprint density at radius 2 is 2.00 bits per heavy atom. The highest BCUT2D eigenvalue weighted by Crippen LogP contribution is 1.94. The van der Waals surface area contributed by atoms with E-state index < -0.39 is 0 Å². The van der Waals surface area contributed by atoms with E-state index in [-0.39, 0.29) is 0 Å². The summed E-state index contributed by atoms with van der Waals surface area (Å²) in [4.78, 5) is 2.30. The number of ether oxygens (including phenoxy) is 1. The largest absolute Gasteiger partial charge is 0.379 e. The zero-order valence-electron chi connectivity index (χ0n) is 7.18. The summed E-state index contributed by atoms with van der Waals surface area (Å²) in [7, 11) is 0. The molecule has 1 heterocycles. The number of hydrogen-bond acceptors (Lipinski definition) is 2. The normalized spacial score (nSPS) is 18.4. The predicted octanol–water partition coefficient (Wildman–Crippen LogP) is 0.951. The second-order valence-electron chi connectivity index (χ2n) is 2.68. The number of halogens is 1. The van der Waals surface area contributed by atoms with Crippen LogP contribution < -0.4 is 0 Å². The molecule has 0 amide bonds.